The molecule has 0 bridgehead atoms. The van der Waals surface area contributed by atoms with E-state index in [0.717, 1.165) is 6.42 Å². The minimum absolute atomic E-state index is 0.0794. The molecule has 6 heteroatoms. The second kappa shape index (κ2) is 7.57. The average Bonchev–Trinajstić information content (AvgIpc) is 2.45. The second-order valence-corrected chi connectivity index (χ2v) is 6.82. The molecule has 0 aliphatic rings. The van der Waals surface area contributed by atoms with E-state index in [2.05, 4.69) is 5.32 Å². The summed E-state index contributed by atoms with van der Waals surface area (Å²) >= 11 is 0. The molecule has 0 aromatic heterocycles. The Balaban J connectivity index is 2.73. The number of aromatic hydroxyl groups is 1. The first-order valence-electron chi connectivity index (χ1n) is 7.55. The van der Waals surface area contributed by atoms with Crippen LogP contribution in [-0.4, -0.2) is 41.6 Å². The van der Waals surface area contributed by atoms with Crippen molar-refractivity contribution >= 4 is 12.2 Å². The summed E-state index contributed by atoms with van der Waals surface area (Å²) in [6, 6.07) is 4.15. The Morgan fingerprint density at radius 3 is 2.57 bits per heavy atom. The molecule has 6 nitrogen and oxygen atoms in total. The number of rotatable bonds is 8. The fraction of sp³-hybridized carbons (Fsp3) is 0.529. The topological polar surface area (TPSA) is 102 Å². The summed E-state index contributed by atoms with van der Waals surface area (Å²) in [5.41, 5.74) is 4.98. The number of carbonyl (C=O) groups excluding carboxylic acids is 2. The van der Waals surface area contributed by atoms with E-state index in [1.54, 1.807) is 0 Å². The van der Waals surface area contributed by atoms with Crippen LogP contribution in [0.1, 0.15) is 54.8 Å². The zero-order valence-electron chi connectivity index (χ0n) is 14.2. The first kappa shape index (κ1) is 19.1. The highest BCUT2D eigenvalue weighted by Crippen LogP contribution is 2.19. The van der Waals surface area contributed by atoms with Crippen LogP contribution in [0.25, 0.3) is 0 Å². The molecule has 1 aromatic carbocycles. The van der Waals surface area contributed by atoms with E-state index in [1.165, 1.54) is 18.2 Å². The van der Waals surface area contributed by atoms with Crippen molar-refractivity contribution in [1.82, 2.24) is 5.32 Å². The van der Waals surface area contributed by atoms with Crippen LogP contribution < -0.4 is 11.1 Å². The van der Waals surface area contributed by atoms with Crippen LogP contribution in [0.3, 0.4) is 0 Å². The lowest BCUT2D eigenvalue weighted by Crippen LogP contribution is -2.49. The van der Waals surface area contributed by atoms with Gasteiger partial charge in [-0.1, -0.05) is 0 Å². The zero-order chi connectivity index (χ0) is 17.7. The first-order chi connectivity index (χ1) is 10.6. The van der Waals surface area contributed by atoms with Gasteiger partial charge in [0, 0.05) is 5.56 Å². The maximum atomic E-state index is 12.3. The molecule has 1 aromatic rings. The Kier molecular flexibility index (Phi) is 6.29. The Bertz CT molecular complexity index is 568. The minimum Gasteiger partial charge on any atom is -0.507 e. The smallest absolute Gasteiger partial charge is 0.251 e. The van der Waals surface area contributed by atoms with Gasteiger partial charge < -0.3 is 20.9 Å². The van der Waals surface area contributed by atoms with E-state index in [1.807, 2.05) is 27.7 Å². The van der Waals surface area contributed by atoms with Gasteiger partial charge in [-0.05, 0) is 58.9 Å². The number of hydrogen-bond acceptors (Lipinski definition) is 5. The van der Waals surface area contributed by atoms with Crippen molar-refractivity contribution in [2.45, 2.75) is 45.3 Å². The molecule has 23 heavy (non-hydrogen) atoms. The lowest BCUT2D eigenvalue weighted by molar-refractivity contribution is -0.0446. The first-order valence-corrected chi connectivity index (χ1v) is 7.55. The molecule has 0 aliphatic carbocycles. The number of benzene rings is 1. The summed E-state index contributed by atoms with van der Waals surface area (Å²) in [6.45, 7) is 8.46. The summed E-state index contributed by atoms with van der Waals surface area (Å²) < 4.78 is 5.84. The predicted molar refractivity (Wildman–Crippen MR) is 88.7 cm³/mol. The number of phenolic OH excluding ortho intramolecular Hbond substituents is 1. The van der Waals surface area contributed by atoms with Crippen LogP contribution in [-0.2, 0) is 4.74 Å². The van der Waals surface area contributed by atoms with Gasteiger partial charge in [0.15, 0.2) is 6.29 Å². The van der Waals surface area contributed by atoms with E-state index in [0.29, 0.717) is 25.0 Å². The lowest BCUT2D eigenvalue weighted by Gasteiger charge is -2.32. The average molecular weight is 322 g/mol. The van der Waals surface area contributed by atoms with Gasteiger partial charge in [-0.2, -0.15) is 0 Å². The van der Waals surface area contributed by atoms with Crippen LogP contribution in [0.15, 0.2) is 18.2 Å². The van der Waals surface area contributed by atoms with Crippen LogP contribution in [0, 0.1) is 0 Å². The van der Waals surface area contributed by atoms with Gasteiger partial charge in [-0.25, -0.2) is 0 Å². The van der Waals surface area contributed by atoms with Gasteiger partial charge in [0.25, 0.3) is 5.91 Å². The highest BCUT2D eigenvalue weighted by Gasteiger charge is 2.26. The molecule has 4 N–H and O–H groups in total. The second-order valence-electron chi connectivity index (χ2n) is 6.82. The van der Waals surface area contributed by atoms with Gasteiger partial charge >= 0.3 is 0 Å². The van der Waals surface area contributed by atoms with Gasteiger partial charge in [0.1, 0.15) is 5.75 Å². The van der Waals surface area contributed by atoms with Crippen LogP contribution >= 0.6 is 0 Å². The molecule has 0 fully saturated rings. The number of amides is 1. The normalized spacial score (nSPS) is 12.0. The molecule has 0 spiro atoms. The summed E-state index contributed by atoms with van der Waals surface area (Å²) in [4.78, 5) is 23.1. The molecule has 0 saturated heterocycles. The molecule has 1 amide bonds. The van der Waals surface area contributed by atoms with Crippen molar-refractivity contribution in [2.75, 3.05) is 13.2 Å². The Morgan fingerprint density at radius 2 is 2.00 bits per heavy atom. The molecule has 0 atom stereocenters. The molecular formula is C17H26N2O4. The number of phenols is 1. The van der Waals surface area contributed by atoms with Gasteiger partial charge in [-0.3, -0.25) is 9.59 Å². The largest absolute Gasteiger partial charge is 0.507 e. The van der Waals surface area contributed by atoms with E-state index in [-0.39, 0.29) is 22.8 Å². The molecule has 0 aliphatic heterocycles. The Hall–Kier alpha value is -1.92. The highest BCUT2D eigenvalue weighted by atomic mass is 16.5. The highest BCUT2D eigenvalue weighted by molar-refractivity contribution is 5.96. The number of ether oxygens (including phenoxy) is 1. The summed E-state index contributed by atoms with van der Waals surface area (Å²) in [6.07, 6.45) is 1.23. The Labute approximate surface area is 137 Å². The molecule has 0 unspecified atom stereocenters. The van der Waals surface area contributed by atoms with Gasteiger partial charge in [0.2, 0.25) is 0 Å². The van der Waals surface area contributed by atoms with Crippen LogP contribution in [0.4, 0.5) is 0 Å². The SMILES string of the molecule is CC(C)(COC(C)(C)CCN)NC(=O)c1ccc(O)c(C=O)c1. The van der Waals surface area contributed by atoms with Gasteiger partial charge in [-0.15, -0.1) is 0 Å². The number of carbonyl (C=O) groups is 2. The molecule has 0 saturated carbocycles. The number of nitrogens with one attached hydrogen (secondary N) is 1. The molecule has 1 rings (SSSR count). The van der Waals surface area contributed by atoms with Crippen molar-refractivity contribution in [3.63, 3.8) is 0 Å². The fourth-order valence-electron chi connectivity index (χ4n) is 2.00. The third-order valence-corrected chi connectivity index (χ3v) is 3.44. The summed E-state index contributed by atoms with van der Waals surface area (Å²) in [5.74, 6) is -0.485. The van der Waals surface area contributed by atoms with E-state index in [4.69, 9.17) is 10.5 Å². The monoisotopic (exact) mass is 322 g/mol. The molecule has 0 radical (unpaired) electrons. The minimum atomic E-state index is -0.595. The maximum Gasteiger partial charge on any atom is 0.251 e. The third-order valence-electron chi connectivity index (χ3n) is 3.44. The van der Waals surface area contributed by atoms with E-state index in [9.17, 15) is 14.7 Å². The third kappa shape index (κ3) is 6.00. The fourth-order valence-corrected chi connectivity index (χ4v) is 2.00. The summed E-state index contributed by atoms with van der Waals surface area (Å²) in [5, 5.41) is 12.3. The number of aldehydes is 1. The molecule has 0 heterocycles. The zero-order valence-corrected chi connectivity index (χ0v) is 14.2. The lowest BCUT2D eigenvalue weighted by atomic mass is 10.0. The van der Waals surface area contributed by atoms with E-state index < -0.39 is 5.54 Å². The summed E-state index contributed by atoms with van der Waals surface area (Å²) in [7, 11) is 0. The number of hydrogen-bond donors (Lipinski definition) is 3. The quantitative estimate of drug-likeness (QED) is 0.634. The van der Waals surface area contributed by atoms with Crippen LogP contribution in [0.2, 0.25) is 0 Å². The Morgan fingerprint density at radius 1 is 1.35 bits per heavy atom. The van der Waals surface area contributed by atoms with E-state index >= 15 is 0 Å². The predicted octanol–water partition coefficient (Wildman–Crippen LogP) is 1.86. The maximum absolute atomic E-state index is 12.3. The molecular weight excluding hydrogens is 296 g/mol. The standard InChI is InChI=1S/C17H26N2O4/c1-16(2,11-23-17(3,4)7-8-18)19-15(22)12-5-6-14(21)13(9-12)10-20/h5-6,9-10,21H,7-8,11,18H2,1-4H3,(H,19,22). The van der Waals surface area contributed by atoms with Crippen molar-refractivity contribution in [2.24, 2.45) is 5.73 Å². The van der Waals surface area contributed by atoms with Crippen LogP contribution in [0.5, 0.6) is 5.75 Å². The van der Waals surface area contributed by atoms with Crippen molar-refractivity contribution in [3.05, 3.63) is 29.3 Å². The van der Waals surface area contributed by atoms with Gasteiger partial charge in [0.05, 0.1) is 23.3 Å². The van der Waals surface area contributed by atoms with Crippen molar-refractivity contribution in [3.8, 4) is 5.75 Å². The van der Waals surface area contributed by atoms with Crippen molar-refractivity contribution in [1.29, 1.82) is 0 Å². The van der Waals surface area contributed by atoms with Crippen molar-refractivity contribution < 1.29 is 19.4 Å². The number of nitrogens with two attached hydrogens (primary N) is 1. The molecule has 128 valence electrons.